The van der Waals surface area contributed by atoms with Crippen molar-refractivity contribution in [3.63, 3.8) is 0 Å². The Labute approximate surface area is 196 Å². The van der Waals surface area contributed by atoms with E-state index in [1.807, 2.05) is 39.8 Å². The molecule has 2 aromatic rings. The number of benzene rings is 1. The summed E-state index contributed by atoms with van der Waals surface area (Å²) in [4.78, 5) is 38.3. The number of nitrogens with zero attached hydrogens (tertiary/aromatic N) is 1. The number of rotatable bonds is 9. The molecule has 3 rings (SSSR count). The number of hydrogen-bond donors (Lipinski definition) is 1. The van der Waals surface area contributed by atoms with E-state index in [0.717, 1.165) is 4.90 Å². The Hall–Kier alpha value is -2.40. The first-order chi connectivity index (χ1) is 15.6. The molecule has 0 aliphatic carbocycles. The molecule has 0 amide bonds. The average Bonchev–Trinajstić information content (AvgIpc) is 3.03. The van der Waals surface area contributed by atoms with Gasteiger partial charge in [-0.2, -0.15) is 0 Å². The molecule has 1 aliphatic heterocycles. The van der Waals surface area contributed by atoms with Gasteiger partial charge in [0.2, 0.25) is 0 Å². The van der Waals surface area contributed by atoms with Crippen LogP contribution in [0.3, 0.4) is 0 Å². The fraction of sp³-hybridized carbons (Fsp3) is 0.522. The lowest BCUT2D eigenvalue weighted by molar-refractivity contribution is -0.131. The molecule has 10 heteroatoms. The minimum atomic E-state index is -0.752. The van der Waals surface area contributed by atoms with Crippen LogP contribution in [-0.4, -0.2) is 51.8 Å². The molecule has 9 nitrogen and oxygen atoms in total. The molecule has 1 fully saturated rings. The van der Waals surface area contributed by atoms with E-state index in [9.17, 15) is 14.4 Å². The van der Waals surface area contributed by atoms with Gasteiger partial charge in [-0.15, -0.1) is 11.8 Å². The number of aromatic nitrogens is 2. The number of aromatic amines is 1. The van der Waals surface area contributed by atoms with E-state index in [0.29, 0.717) is 11.5 Å². The van der Waals surface area contributed by atoms with Crippen LogP contribution in [0.1, 0.15) is 40.8 Å². The SMILES string of the molecule is CC(=O)Oc1ccc(SC[C@H]2O[C@@H](n3ccc(=O)[nH]c3=O)[C@H](OC(C)C)[C@@H]2OC(C)C)cc1. The standard InChI is InChI=1S/C23H30N2O7S/c1-13(2)29-20-18(12-33-17-8-6-16(7-9-17)31-15(5)26)32-22(21(20)30-14(3)4)25-11-10-19(27)24-23(25)28/h6-11,13-14,18,20-22H,12H2,1-5H3,(H,24,27,28)/t18-,20-,21-,22-/m1/s1. The van der Waals surface area contributed by atoms with Crippen LogP contribution in [0.2, 0.25) is 0 Å². The van der Waals surface area contributed by atoms with Crippen LogP contribution in [0.5, 0.6) is 5.75 Å². The molecule has 1 aromatic heterocycles. The second-order valence-electron chi connectivity index (χ2n) is 8.26. The third-order valence-electron chi connectivity index (χ3n) is 4.77. The Morgan fingerprint density at radius 3 is 2.27 bits per heavy atom. The maximum atomic E-state index is 12.5. The quantitative estimate of drug-likeness (QED) is 0.333. The summed E-state index contributed by atoms with van der Waals surface area (Å²) in [5.74, 6) is 0.646. The van der Waals surface area contributed by atoms with E-state index in [1.54, 1.807) is 23.9 Å². The van der Waals surface area contributed by atoms with Gasteiger partial charge in [-0.3, -0.25) is 19.1 Å². The number of nitrogens with one attached hydrogen (secondary N) is 1. The molecule has 180 valence electrons. The summed E-state index contributed by atoms with van der Waals surface area (Å²) >= 11 is 1.55. The van der Waals surface area contributed by atoms with Gasteiger partial charge in [-0.25, -0.2) is 4.79 Å². The van der Waals surface area contributed by atoms with Crippen LogP contribution in [-0.2, 0) is 19.0 Å². The number of H-pyrrole nitrogens is 1. The van der Waals surface area contributed by atoms with Crippen molar-refractivity contribution in [2.24, 2.45) is 0 Å². The minimum absolute atomic E-state index is 0.0848. The number of carbonyl (C=O) groups is 1. The normalized spacial score (nSPS) is 22.8. The highest BCUT2D eigenvalue weighted by atomic mass is 32.2. The Morgan fingerprint density at radius 2 is 1.70 bits per heavy atom. The molecule has 0 radical (unpaired) electrons. The molecule has 4 atom stereocenters. The van der Waals surface area contributed by atoms with E-state index in [4.69, 9.17) is 18.9 Å². The van der Waals surface area contributed by atoms with Crippen LogP contribution in [0.4, 0.5) is 0 Å². The van der Waals surface area contributed by atoms with E-state index in [1.165, 1.54) is 23.8 Å². The summed E-state index contributed by atoms with van der Waals surface area (Å²) in [6, 6.07) is 8.47. The molecule has 0 saturated carbocycles. The zero-order valence-electron chi connectivity index (χ0n) is 19.3. The van der Waals surface area contributed by atoms with Gasteiger partial charge in [0, 0.05) is 29.8 Å². The minimum Gasteiger partial charge on any atom is -0.427 e. The van der Waals surface area contributed by atoms with Gasteiger partial charge in [-0.1, -0.05) is 0 Å². The second-order valence-corrected chi connectivity index (χ2v) is 9.35. The Balaban J connectivity index is 1.83. The molecule has 1 N–H and O–H groups in total. The smallest absolute Gasteiger partial charge is 0.330 e. The first-order valence-electron chi connectivity index (χ1n) is 10.8. The fourth-order valence-corrected chi connectivity index (χ4v) is 4.53. The van der Waals surface area contributed by atoms with Gasteiger partial charge < -0.3 is 18.9 Å². The van der Waals surface area contributed by atoms with Crippen LogP contribution < -0.4 is 16.0 Å². The molecule has 1 aromatic carbocycles. The average molecular weight is 479 g/mol. The van der Waals surface area contributed by atoms with Crippen molar-refractivity contribution < 1.29 is 23.7 Å². The topological polar surface area (TPSA) is 109 Å². The number of carbonyl (C=O) groups excluding carboxylic acids is 1. The zero-order valence-corrected chi connectivity index (χ0v) is 20.2. The van der Waals surface area contributed by atoms with Crippen molar-refractivity contribution in [2.75, 3.05) is 5.75 Å². The third-order valence-corrected chi connectivity index (χ3v) is 5.87. The number of thioether (sulfide) groups is 1. The predicted molar refractivity (Wildman–Crippen MR) is 124 cm³/mol. The summed E-state index contributed by atoms with van der Waals surface area (Å²) in [5, 5.41) is 0. The molecular weight excluding hydrogens is 448 g/mol. The van der Waals surface area contributed by atoms with Crippen molar-refractivity contribution in [3.8, 4) is 5.75 Å². The van der Waals surface area contributed by atoms with Crippen molar-refractivity contribution in [1.29, 1.82) is 0 Å². The maximum absolute atomic E-state index is 12.5. The third kappa shape index (κ3) is 6.80. The lowest BCUT2D eigenvalue weighted by Gasteiger charge is -2.28. The van der Waals surface area contributed by atoms with Gasteiger partial charge >= 0.3 is 11.7 Å². The Kier molecular flexibility index (Phi) is 8.52. The molecule has 1 saturated heterocycles. The highest BCUT2D eigenvalue weighted by Gasteiger charge is 2.48. The van der Waals surface area contributed by atoms with Crippen LogP contribution in [0.25, 0.3) is 0 Å². The van der Waals surface area contributed by atoms with Crippen LogP contribution in [0.15, 0.2) is 51.0 Å². The molecule has 0 spiro atoms. The van der Waals surface area contributed by atoms with Gasteiger partial charge in [0.25, 0.3) is 5.56 Å². The van der Waals surface area contributed by atoms with Gasteiger partial charge in [-0.05, 0) is 52.0 Å². The lowest BCUT2D eigenvalue weighted by atomic mass is 10.1. The lowest BCUT2D eigenvalue weighted by Crippen LogP contribution is -2.42. The van der Waals surface area contributed by atoms with E-state index < -0.39 is 29.7 Å². The van der Waals surface area contributed by atoms with Gasteiger partial charge in [0.1, 0.15) is 18.0 Å². The molecule has 2 heterocycles. The van der Waals surface area contributed by atoms with Crippen molar-refractivity contribution in [1.82, 2.24) is 9.55 Å². The van der Waals surface area contributed by atoms with Gasteiger partial charge in [0.15, 0.2) is 6.23 Å². The van der Waals surface area contributed by atoms with Crippen LogP contribution >= 0.6 is 11.8 Å². The Morgan fingerprint density at radius 1 is 1.06 bits per heavy atom. The monoisotopic (exact) mass is 478 g/mol. The van der Waals surface area contributed by atoms with Crippen molar-refractivity contribution in [2.45, 2.75) is 76.3 Å². The van der Waals surface area contributed by atoms with E-state index in [-0.39, 0.29) is 24.3 Å². The maximum Gasteiger partial charge on any atom is 0.330 e. The highest BCUT2D eigenvalue weighted by molar-refractivity contribution is 7.99. The highest BCUT2D eigenvalue weighted by Crippen LogP contribution is 2.37. The summed E-state index contributed by atoms with van der Waals surface area (Å²) < 4.78 is 25.1. The summed E-state index contributed by atoms with van der Waals surface area (Å²) in [7, 11) is 0. The zero-order chi connectivity index (χ0) is 24.1. The summed E-state index contributed by atoms with van der Waals surface area (Å²) in [6.07, 6.45) is -0.901. The number of esters is 1. The first kappa shape index (κ1) is 25.2. The second kappa shape index (κ2) is 11.1. The predicted octanol–water partition coefficient (Wildman–Crippen LogP) is 2.74. The Bertz CT molecular complexity index is 1050. The summed E-state index contributed by atoms with van der Waals surface area (Å²) in [5.41, 5.74) is -1.04. The van der Waals surface area contributed by atoms with Crippen molar-refractivity contribution >= 4 is 17.7 Å². The number of ether oxygens (including phenoxy) is 4. The van der Waals surface area contributed by atoms with Gasteiger partial charge in [0.05, 0.1) is 18.3 Å². The largest absolute Gasteiger partial charge is 0.427 e. The first-order valence-corrected chi connectivity index (χ1v) is 11.8. The fourth-order valence-electron chi connectivity index (χ4n) is 3.58. The molecule has 0 unspecified atom stereocenters. The molecular formula is C23H30N2O7S. The molecule has 1 aliphatic rings. The van der Waals surface area contributed by atoms with E-state index in [2.05, 4.69) is 4.98 Å². The molecule has 0 bridgehead atoms. The van der Waals surface area contributed by atoms with Crippen LogP contribution in [0, 0.1) is 0 Å². The van der Waals surface area contributed by atoms with E-state index >= 15 is 0 Å². The van der Waals surface area contributed by atoms with Crippen molar-refractivity contribution in [3.05, 3.63) is 57.4 Å². The number of hydrogen-bond acceptors (Lipinski definition) is 8. The summed E-state index contributed by atoms with van der Waals surface area (Å²) in [6.45, 7) is 9.04. The molecule has 33 heavy (non-hydrogen) atoms.